The third-order valence-corrected chi connectivity index (χ3v) is 3.99. The number of carboxylic acids is 1. The zero-order valence-electron chi connectivity index (χ0n) is 13.6. The maximum atomic E-state index is 11.9. The van der Waals surface area contributed by atoms with Gasteiger partial charge in [-0.2, -0.15) is 0 Å². The highest BCUT2D eigenvalue weighted by molar-refractivity contribution is 5.99. The molecule has 0 aliphatic carbocycles. The molecule has 1 amide bonds. The molecule has 6 heteroatoms. The number of para-hydroxylation sites is 1. The van der Waals surface area contributed by atoms with Gasteiger partial charge in [0.05, 0.1) is 5.92 Å². The first-order chi connectivity index (χ1) is 12.1. The van der Waals surface area contributed by atoms with Gasteiger partial charge in [-0.15, -0.1) is 0 Å². The summed E-state index contributed by atoms with van der Waals surface area (Å²) in [5.41, 5.74) is 0.682. The van der Waals surface area contributed by atoms with Crippen LogP contribution in [0, 0.1) is 5.92 Å². The number of nitrogens with zero attached hydrogens (tertiary/aromatic N) is 1. The highest BCUT2D eigenvalue weighted by atomic mass is 16.5. The van der Waals surface area contributed by atoms with E-state index in [0.29, 0.717) is 24.7 Å². The molecule has 0 aromatic heterocycles. The standard InChI is InChI=1S/C19H19NO5/c21-18-12-14(19(22)23)13-20(18)15-6-8-17(9-7-15)25-11-10-24-16-4-2-1-3-5-16/h1-9,14H,10-13H2,(H,22,23). The van der Waals surface area contributed by atoms with Gasteiger partial charge in [0.2, 0.25) is 5.91 Å². The lowest BCUT2D eigenvalue weighted by atomic mass is 10.1. The van der Waals surface area contributed by atoms with Crippen LogP contribution in [0.4, 0.5) is 5.69 Å². The van der Waals surface area contributed by atoms with E-state index in [2.05, 4.69) is 0 Å². The first-order valence-electron chi connectivity index (χ1n) is 8.07. The zero-order valence-corrected chi connectivity index (χ0v) is 13.6. The normalized spacial score (nSPS) is 16.7. The number of benzene rings is 2. The average molecular weight is 341 g/mol. The number of carboxylic acid groups (broad SMARTS) is 1. The number of hydrogen-bond donors (Lipinski definition) is 1. The molecule has 130 valence electrons. The summed E-state index contributed by atoms with van der Waals surface area (Å²) < 4.78 is 11.2. The summed E-state index contributed by atoms with van der Waals surface area (Å²) in [7, 11) is 0. The number of amides is 1. The van der Waals surface area contributed by atoms with Gasteiger partial charge in [-0.3, -0.25) is 9.59 Å². The number of anilines is 1. The van der Waals surface area contributed by atoms with Gasteiger partial charge in [0.1, 0.15) is 24.7 Å². The van der Waals surface area contributed by atoms with Crippen molar-refractivity contribution in [3.05, 3.63) is 54.6 Å². The third kappa shape index (κ3) is 4.29. The summed E-state index contributed by atoms with van der Waals surface area (Å²) in [6, 6.07) is 16.5. The molecule has 1 N–H and O–H groups in total. The minimum absolute atomic E-state index is 0.0460. The Kier molecular flexibility index (Phi) is 5.18. The fourth-order valence-electron chi connectivity index (χ4n) is 2.68. The van der Waals surface area contributed by atoms with Crippen LogP contribution in [0.25, 0.3) is 0 Å². The van der Waals surface area contributed by atoms with E-state index in [-0.39, 0.29) is 18.9 Å². The maximum absolute atomic E-state index is 11.9. The van der Waals surface area contributed by atoms with Crippen molar-refractivity contribution >= 4 is 17.6 Å². The Morgan fingerprint density at radius 1 is 1.00 bits per heavy atom. The van der Waals surface area contributed by atoms with Gasteiger partial charge in [-0.25, -0.2) is 0 Å². The van der Waals surface area contributed by atoms with Crippen molar-refractivity contribution in [2.45, 2.75) is 6.42 Å². The summed E-state index contributed by atoms with van der Waals surface area (Å²) in [6.07, 6.45) is 0.0460. The fraction of sp³-hybridized carbons (Fsp3) is 0.263. The van der Waals surface area contributed by atoms with Crippen LogP contribution in [0.1, 0.15) is 6.42 Å². The summed E-state index contributed by atoms with van der Waals surface area (Å²) in [5.74, 6) is -0.283. The minimum atomic E-state index is -0.936. The van der Waals surface area contributed by atoms with Crippen LogP contribution >= 0.6 is 0 Å². The second-order valence-corrected chi connectivity index (χ2v) is 5.75. The average Bonchev–Trinajstić information content (AvgIpc) is 3.02. The lowest BCUT2D eigenvalue weighted by Crippen LogP contribution is -2.25. The van der Waals surface area contributed by atoms with Crippen molar-refractivity contribution < 1.29 is 24.2 Å². The van der Waals surface area contributed by atoms with E-state index in [4.69, 9.17) is 14.6 Å². The lowest BCUT2D eigenvalue weighted by Gasteiger charge is -2.16. The highest BCUT2D eigenvalue weighted by Gasteiger charge is 2.34. The molecule has 1 fully saturated rings. The molecule has 1 unspecified atom stereocenters. The number of carbonyl (C=O) groups is 2. The van der Waals surface area contributed by atoms with Crippen molar-refractivity contribution in [3.8, 4) is 11.5 Å². The molecule has 1 heterocycles. The number of carbonyl (C=O) groups excluding carboxylic acids is 1. The monoisotopic (exact) mass is 341 g/mol. The SMILES string of the molecule is O=C(O)C1CC(=O)N(c2ccc(OCCOc3ccccc3)cc2)C1. The molecule has 1 atom stereocenters. The van der Waals surface area contributed by atoms with Gasteiger partial charge >= 0.3 is 5.97 Å². The molecule has 1 aliphatic rings. The van der Waals surface area contributed by atoms with Crippen LogP contribution in [-0.4, -0.2) is 36.7 Å². The van der Waals surface area contributed by atoms with E-state index in [0.717, 1.165) is 5.75 Å². The second kappa shape index (κ2) is 7.70. The lowest BCUT2D eigenvalue weighted by molar-refractivity contribution is -0.141. The van der Waals surface area contributed by atoms with Crippen molar-refractivity contribution in [3.63, 3.8) is 0 Å². The first-order valence-corrected chi connectivity index (χ1v) is 8.07. The van der Waals surface area contributed by atoms with Crippen LogP contribution in [0.3, 0.4) is 0 Å². The van der Waals surface area contributed by atoms with E-state index >= 15 is 0 Å². The molecular weight excluding hydrogens is 322 g/mol. The number of rotatable bonds is 7. The van der Waals surface area contributed by atoms with E-state index in [1.165, 1.54) is 4.90 Å². The molecule has 0 saturated carbocycles. The van der Waals surface area contributed by atoms with E-state index in [9.17, 15) is 9.59 Å². The number of hydrogen-bond acceptors (Lipinski definition) is 4. The molecule has 0 radical (unpaired) electrons. The third-order valence-electron chi connectivity index (χ3n) is 3.99. The molecule has 2 aromatic rings. The highest BCUT2D eigenvalue weighted by Crippen LogP contribution is 2.27. The smallest absolute Gasteiger partial charge is 0.308 e. The predicted molar refractivity (Wildman–Crippen MR) is 92.0 cm³/mol. The van der Waals surface area contributed by atoms with E-state index in [1.54, 1.807) is 24.3 Å². The van der Waals surface area contributed by atoms with E-state index < -0.39 is 11.9 Å². The Morgan fingerprint density at radius 3 is 2.16 bits per heavy atom. The summed E-state index contributed by atoms with van der Waals surface area (Å²) in [6.45, 7) is 1.04. The summed E-state index contributed by atoms with van der Waals surface area (Å²) in [5, 5.41) is 9.03. The van der Waals surface area contributed by atoms with Crippen LogP contribution < -0.4 is 14.4 Å². The van der Waals surface area contributed by atoms with Gasteiger partial charge in [0.25, 0.3) is 0 Å². The van der Waals surface area contributed by atoms with Crippen LogP contribution in [0.15, 0.2) is 54.6 Å². The molecule has 2 aromatic carbocycles. The Labute approximate surface area is 145 Å². The molecule has 6 nitrogen and oxygen atoms in total. The molecule has 3 rings (SSSR count). The Morgan fingerprint density at radius 2 is 1.60 bits per heavy atom. The quantitative estimate of drug-likeness (QED) is 0.784. The Hall–Kier alpha value is -3.02. The molecular formula is C19H19NO5. The second-order valence-electron chi connectivity index (χ2n) is 5.75. The van der Waals surface area contributed by atoms with Crippen LogP contribution in [0.2, 0.25) is 0 Å². The predicted octanol–water partition coefficient (Wildman–Crippen LogP) is 2.58. The first kappa shape index (κ1) is 16.8. The molecule has 1 saturated heterocycles. The van der Waals surface area contributed by atoms with Gasteiger partial charge in [-0.1, -0.05) is 18.2 Å². The topological polar surface area (TPSA) is 76.1 Å². The summed E-state index contributed by atoms with van der Waals surface area (Å²) in [4.78, 5) is 24.5. The van der Waals surface area contributed by atoms with Gasteiger partial charge < -0.3 is 19.5 Å². The number of ether oxygens (including phenoxy) is 2. The summed E-state index contributed by atoms with van der Waals surface area (Å²) >= 11 is 0. The van der Waals surface area contributed by atoms with Crippen LogP contribution in [-0.2, 0) is 9.59 Å². The Bertz CT molecular complexity index is 729. The fourth-order valence-corrected chi connectivity index (χ4v) is 2.68. The molecule has 0 bridgehead atoms. The minimum Gasteiger partial charge on any atom is -0.490 e. The van der Waals surface area contributed by atoms with Crippen molar-refractivity contribution in [2.75, 3.05) is 24.7 Å². The zero-order chi connectivity index (χ0) is 17.6. The van der Waals surface area contributed by atoms with Crippen LogP contribution in [0.5, 0.6) is 11.5 Å². The van der Waals surface area contributed by atoms with Gasteiger partial charge in [0, 0.05) is 18.7 Å². The van der Waals surface area contributed by atoms with Crippen molar-refractivity contribution in [1.29, 1.82) is 0 Å². The van der Waals surface area contributed by atoms with E-state index in [1.807, 2.05) is 30.3 Å². The Balaban J connectivity index is 1.49. The number of aliphatic carboxylic acids is 1. The largest absolute Gasteiger partial charge is 0.490 e. The van der Waals surface area contributed by atoms with Gasteiger partial charge in [-0.05, 0) is 36.4 Å². The van der Waals surface area contributed by atoms with Gasteiger partial charge in [0.15, 0.2) is 0 Å². The maximum Gasteiger partial charge on any atom is 0.308 e. The molecule has 0 spiro atoms. The molecule has 1 aliphatic heterocycles. The van der Waals surface area contributed by atoms with Crippen molar-refractivity contribution in [1.82, 2.24) is 0 Å². The molecule has 25 heavy (non-hydrogen) atoms. The van der Waals surface area contributed by atoms with Crippen molar-refractivity contribution in [2.24, 2.45) is 5.92 Å².